The normalized spacial score (nSPS) is 12.4. The van der Waals surface area contributed by atoms with Gasteiger partial charge in [0.05, 0.1) is 26.4 Å². The van der Waals surface area contributed by atoms with Crippen LogP contribution in [0.25, 0.3) is 0 Å². The highest BCUT2D eigenvalue weighted by atomic mass is 16.5. The molecule has 0 amide bonds. The van der Waals surface area contributed by atoms with Crippen LogP contribution < -0.4 is 4.74 Å². The van der Waals surface area contributed by atoms with Crippen molar-refractivity contribution >= 4 is 0 Å². The summed E-state index contributed by atoms with van der Waals surface area (Å²) in [6.45, 7) is 0.724. The molecule has 0 spiro atoms. The molecule has 4 nitrogen and oxygen atoms in total. The lowest BCUT2D eigenvalue weighted by atomic mass is 10.2. The Morgan fingerprint density at radius 2 is 1.94 bits per heavy atom. The lowest BCUT2D eigenvalue weighted by molar-refractivity contribution is 0.0436. The number of ether oxygens (including phenoxy) is 2. The van der Waals surface area contributed by atoms with Crippen LogP contribution in [0, 0.1) is 0 Å². The number of hydrogen-bond acceptors (Lipinski definition) is 4. The number of rotatable bonds is 7. The summed E-state index contributed by atoms with van der Waals surface area (Å²) in [5.41, 5.74) is 1.05. The number of methoxy groups -OCH3 is 1. The highest BCUT2D eigenvalue weighted by Crippen LogP contribution is 2.11. The molecule has 1 aromatic carbocycles. The third-order valence-corrected chi connectivity index (χ3v) is 2.23. The minimum Gasteiger partial charge on any atom is -0.497 e. The van der Waals surface area contributed by atoms with Crippen LogP contribution >= 0.6 is 0 Å². The Morgan fingerprint density at radius 3 is 2.50 bits per heavy atom. The van der Waals surface area contributed by atoms with Crippen molar-refractivity contribution in [2.75, 3.05) is 20.3 Å². The van der Waals surface area contributed by atoms with Gasteiger partial charge in [-0.15, -0.1) is 0 Å². The molecule has 90 valence electrons. The second-order valence-corrected chi connectivity index (χ2v) is 3.53. The van der Waals surface area contributed by atoms with Crippen molar-refractivity contribution in [1.82, 2.24) is 0 Å². The zero-order valence-electron chi connectivity index (χ0n) is 9.43. The summed E-state index contributed by atoms with van der Waals surface area (Å²) in [5.74, 6) is 0.819. The minimum absolute atomic E-state index is 0.216. The van der Waals surface area contributed by atoms with Gasteiger partial charge in [0.1, 0.15) is 5.75 Å². The summed E-state index contributed by atoms with van der Waals surface area (Å²) >= 11 is 0. The molecule has 0 aliphatic rings. The molecular weight excluding hydrogens is 208 g/mol. The number of benzene rings is 1. The van der Waals surface area contributed by atoms with E-state index >= 15 is 0 Å². The Balaban J connectivity index is 2.21. The summed E-state index contributed by atoms with van der Waals surface area (Å²) in [6.07, 6.45) is -0.233. The predicted octanol–water partition coefficient (Wildman–Crippen LogP) is 0.955. The molecule has 0 aromatic heterocycles. The van der Waals surface area contributed by atoms with Crippen LogP contribution in [0.15, 0.2) is 24.3 Å². The van der Waals surface area contributed by atoms with Gasteiger partial charge in [-0.3, -0.25) is 0 Å². The Hall–Kier alpha value is -1.10. The van der Waals surface area contributed by atoms with Crippen molar-refractivity contribution in [3.05, 3.63) is 29.8 Å². The van der Waals surface area contributed by atoms with E-state index in [0.29, 0.717) is 19.6 Å². The molecule has 1 aromatic rings. The molecule has 1 atom stereocenters. The summed E-state index contributed by atoms with van der Waals surface area (Å²) in [4.78, 5) is 0. The van der Waals surface area contributed by atoms with Gasteiger partial charge in [-0.05, 0) is 24.1 Å². The Bertz CT molecular complexity index is 284. The smallest absolute Gasteiger partial charge is 0.118 e. The topological polar surface area (TPSA) is 58.9 Å². The lowest BCUT2D eigenvalue weighted by Crippen LogP contribution is -2.14. The maximum atomic E-state index is 9.08. The van der Waals surface area contributed by atoms with Gasteiger partial charge < -0.3 is 19.7 Å². The fourth-order valence-corrected chi connectivity index (χ4v) is 1.22. The van der Waals surface area contributed by atoms with E-state index in [-0.39, 0.29) is 6.61 Å². The molecule has 16 heavy (non-hydrogen) atoms. The van der Waals surface area contributed by atoms with Crippen LogP contribution in [0.2, 0.25) is 0 Å². The van der Waals surface area contributed by atoms with Crippen LogP contribution in [0.3, 0.4) is 0 Å². The molecule has 0 saturated heterocycles. The van der Waals surface area contributed by atoms with Gasteiger partial charge in [-0.2, -0.15) is 0 Å². The SMILES string of the molecule is COc1ccc(COCCC(O)CO)cc1. The van der Waals surface area contributed by atoms with Crippen LogP contribution in [0.1, 0.15) is 12.0 Å². The average Bonchev–Trinajstić information content (AvgIpc) is 2.35. The summed E-state index contributed by atoms with van der Waals surface area (Å²) in [6, 6.07) is 7.62. The molecule has 2 N–H and O–H groups in total. The van der Waals surface area contributed by atoms with E-state index in [4.69, 9.17) is 19.7 Å². The minimum atomic E-state index is -0.684. The van der Waals surface area contributed by atoms with E-state index in [0.717, 1.165) is 11.3 Å². The van der Waals surface area contributed by atoms with E-state index in [1.807, 2.05) is 24.3 Å². The van der Waals surface area contributed by atoms with E-state index in [1.54, 1.807) is 7.11 Å². The van der Waals surface area contributed by atoms with Crippen molar-refractivity contribution in [3.8, 4) is 5.75 Å². The monoisotopic (exact) mass is 226 g/mol. The quantitative estimate of drug-likeness (QED) is 0.680. The Labute approximate surface area is 95.4 Å². The Kier molecular flexibility index (Phi) is 5.85. The molecule has 1 unspecified atom stereocenters. The van der Waals surface area contributed by atoms with Crippen LogP contribution in [-0.4, -0.2) is 36.6 Å². The first kappa shape index (κ1) is 13.0. The molecule has 0 heterocycles. The van der Waals surface area contributed by atoms with Crippen LogP contribution in [0.5, 0.6) is 5.75 Å². The van der Waals surface area contributed by atoms with Crippen molar-refractivity contribution in [1.29, 1.82) is 0 Å². The zero-order chi connectivity index (χ0) is 11.8. The molecule has 0 fully saturated rings. The first-order chi connectivity index (χ1) is 7.76. The zero-order valence-corrected chi connectivity index (χ0v) is 9.43. The standard InChI is InChI=1S/C12H18O4/c1-15-12-4-2-10(3-5-12)9-16-7-6-11(14)8-13/h2-5,11,13-14H,6-9H2,1H3. The van der Waals surface area contributed by atoms with Gasteiger partial charge in [-0.25, -0.2) is 0 Å². The van der Waals surface area contributed by atoms with Crippen molar-refractivity contribution in [2.45, 2.75) is 19.1 Å². The largest absolute Gasteiger partial charge is 0.497 e. The molecule has 4 heteroatoms. The summed E-state index contributed by atoms with van der Waals surface area (Å²) in [5, 5.41) is 17.7. The molecular formula is C12H18O4. The fraction of sp³-hybridized carbons (Fsp3) is 0.500. The van der Waals surface area contributed by atoms with Gasteiger partial charge in [0.25, 0.3) is 0 Å². The van der Waals surface area contributed by atoms with Crippen molar-refractivity contribution < 1.29 is 19.7 Å². The summed E-state index contributed by atoms with van der Waals surface area (Å²) < 4.78 is 10.4. The van der Waals surface area contributed by atoms with Crippen LogP contribution in [0.4, 0.5) is 0 Å². The molecule has 0 aliphatic carbocycles. The first-order valence-corrected chi connectivity index (χ1v) is 5.26. The highest BCUT2D eigenvalue weighted by Gasteiger charge is 2.01. The lowest BCUT2D eigenvalue weighted by Gasteiger charge is -2.08. The summed E-state index contributed by atoms with van der Waals surface area (Å²) in [7, 11) is 1.63. The maximum absolute atomic E-state index is 9.08. The molecule has 0 aliphatic heterocycles. The first-order valence-electron chi connectivity index (χ1n) is 5.26. The number of aliphatic hydroxyl groups excluding tert-OH is 2. The third-order valence-electron chi connectivity index (χ3n) is 2.23. The van der Waals surface area contributed by atoms with E-state index in [2.05, 4.69) is 0 Å². The van der Waals surface area contributed by atoms with Crippen molar-refractivity contribution in [3.63, 3.8) is 0 Å². The second-order valence-electron chi connectivity index (χ2n) is 3.53. The van der Waals surface area contributed by atoms with Gasteiger partial charge in [0, 0.05) is 6.61 Å². The third kappa shape index (κ3) is 4.61. The second kappa shape index (κ2) is 7.22. The van der Waals surface area contributed by atoms with Gasteiger partial charge >= 0.3 is 0 Å². The maximum Gasteiger partial charge on any atom is 0.118 e. The van der Waals surface area contributed by atoms with Crippen LogP contribution in [-0.2, 0) is 11.3 Å². The number of hydrogen-bond donors (Lipinski definition) is 2. The molecule has 0 saturated carbocycles. The van der Waals surface area contributed by atoms with E-state index in [1.165, 1.54) is 0 Å². The van der Waals surface area contributed by atoms with E-state index in [9.17, 15) is 0 Å². The Morgan fingerprint density at radius 1 is 1.25 bits per heavy atom. The molecule has 0 radical (unpaired) electrons. The van der Waals surface area contributed by atoms with Gasteiger partial charge in [-0.1, -0.05) is 12.1 Å². The van der Waals surface area contributed by atoms with Crippen molar-refractivity contribution in [2.24, 2.45) is 0 Å². The van der Waals surface area contributed by atoms with E-state index < -0.39 is 6.10 Å². The molecule has 0 bridgehead atoms. The highest BCUT2D eigenvalue weighted by molar-refractivity contribution is 5.26. The predicted molar refractivity (Wildman–Crippen MR) is 60.4 cm³/mol. The van der Waals surface area contributed by atoms with Gasteiger partial charge in [0.15, 0.2) is 0 Å². The average molecular weight is 226 g/mol. The number of aliphatic hydroxyl groups is 2. The fourth-order valence-electron chi connectivity index (χ4n) is 1.22. The molecule has 1 rings (SSSR count). The van der Waals surface area contributed by atoms with Gasteiger partial charge in [0.2, 0.25) is 0 Å².